The van der Waals surface area contributed by atoms with Crippen molar-refractivity contribution in [2.45, 2.75) is 13.5 Å². The smallest absolute Gasteiger partial charge is 0.293 e. The minimum absolute atomic E-state index is 0.0187. The number of thioether (sulfide) groups is 1. The summed E-state index contributed by atoms with van der Waals surface area (Å²) < 4.78 is 11.9. The van der Waals surface area contributed by atoms with Crippen LogP contribution in [0.1, 0.15) is 18.1 Å². The monoisotopic (exact) mass is 563 g/mol. The number of rotatable bonds is 6. The maximum atomic E-state index is 12.8. The maximum absolute atomic E-state index is 12.8. The molecule has 2 amide bonds. The number of hydrogen-bond acceptors (Lipinski definition) is 5. The molecule has 2 aromatic rings. The van der Waals surface area contributed by atoms with Gasteiger partial charge in [0.15, 0.2) is 11.5 Å². The van der Waals surface area contributed by atoms with Gasteiger partial charge in [0, 0.05) is 15.6 Å². The first-order valence-corrected chi connectivity index (χ1v) is 11.2. The van der Waals surface area contributed by atoms with E-state index in [1.54, 1.807) is 37.5 Å². The van der Waals surface area contributed by atoms with Crippen LogP contribution in [0.4, 0.5) is 4.79 Å². The molecule has 3 rings (SSSR count). The van der Waals surface area contributed by atoms with E-state index in [2.05, 4.69) is 22.6 Å². The molecule has 0 aliphatic carbocycles. The van der Waals surface area contributed by atoms with Gasteiger partial charge in [-0.1, -0.05) is 29.3 Å². The van der Waals surface area contributed by atoms with Gasteiger partial charge >= 0.3 is 0 Å². The van der Waals surface area contributed by atoms with Crippen LogP contribution in [0.15, 0.2) is 35.2 Å². The number of hydrogen-bond donors (Lipinski definition) is 0. The fourth-order valence-electron chi connectivity index (χ4n) is 2.76. The van der Waals surface area contributed by atoms with Crippen LogP contribution < -0.4 is 9.47 Å². The molecule has 5 nitrogen and oxygen atoms in total. The molecule has 0 bridgehead atoms. The lowest BCUT2D eigenvalue weighted by atomic mass is 10.1. The second-order valence-electron chi connectivity index (χ2n) is 5.94. The second-order valence-corrected chi connectivity index (χ2v) is 8.90. The van der Waals surface area contributed by atoms with E-state index in [-0.39, 0.29) is 17.7 Å². The fraction of sp³-hybridized carbons (Fsp3) is 0.200. The largest absolute Gasteiger partial charge is 0.492 e. The van der Waals surface area contributed by atoms with Gasteiger partial charge in [0.1, 0.15) is 0 Å². The van der Waals surface area contributed by atoms with Crippen molar-refractivity contribution in [2.75, 3.05) is 13.7 Å². The van der Waals surface area contributed by atoms with Gasteiger partial charge in [0.05, 0.1) is 28.7 Å². The zero-order valence-corrected chi connectivity index (χ0v) is 20.0. The first-order valence-electron chi connectivity index (χ1n) is 8.54. The molecule has 152 valence electrons. The minimum Gasteiger partial charge on any atom is -0.492 e. The molecular formula is C20H16Cl2INO4S. The first kappa shape index (κ1) is 22.3. The lowest BCUT2D eigenvalue weighted by Gasteiger charge is -2.15. The summed E-state index contributed by atoms with van der Waals surface area (Å²) in [6.07, 6.45) is 1.67. The van der Waals surface area contributed by atoms with Crippen molar-refractivity contribution in [2.24, 2.45) is 0 Å². The number of methoxy groups -OCH3 is 1. The van der Waals surface area contributed by atoms with Crippen molar-refractivity contribution in [1.82, 2.24) is 4.90 Å². The van der Waals surface area contributed by atoms with E-state index in [9.17, 15) is 9.59 Å². The summed E-state index contributed by atoms with van der Waals surface area (Å²) >= 11 is 15.4. The third kappa shape index (κ3) is 4.84. The number of imide groups is 1. The van der Waals surface area contributed by atoms with Crippen LogP contribution in [0.2, 0.25) is 10.0 Å². The van der Waals surface area contributed by atoms with Gasteiger partial charge in [-0.15, -0.1) is 0 Å². The highest BCUT2D eigenvalue weighted by Gasteiger charge is 2.35. The number of nitrogens with zero attached hydrogens (tertiary/aromatic N) is 1. The number of carbonyl (C=O) groups excluding carboxylic acids is 2. The highest BCUT2D eigenvalue weighted by molar-refractivity contribution is 14.1. The Hall–Kier alpha value is -1.42. The molecule has 1 heterocycles. The standard InChI is InChI=1S/C20H16Cl2INO4S/c1-3-28-16-8-11(7-15(23)18(16)27-2)9-17-19(25)24(20(26)29-17)10-12-13(21)5-4-6-14(12)22/h4-9H,3,10H2,1-2H3/b17-9+. The van der Waals surface area contributed by atoms with E-state index in [0.717, 1.165) is 25.8 Å². The summed E-state index contributed by atoms with van der Waals surface area (Å²) in [6, 6.07) is 8.70. The second kappa shape index (κ2) is 9.59. The Morgan fingerprint density at radius 2 is 1.90 bits per heavy atom. The van der Waals surface area contributed by atoms with Crippen LogP contribution in [0.3, 0.4) is 0 Å². The summed E-state index contributed by atoms with van der Waals surface area (Å²) in [7, 11) is 1.57. The Balaban J connectivity index is 1.90. The van der Waals surface area contributed by atoms with Gasteiger partial charge in [0.2, 0.25) is 0 Å². The summed E-state index contributed by atoms with van der Waals surface area (Å²) in [6.45, 7) is 2.38. The van der Waals surface area contributed by atoms with Crippen LogP contribution >= 0.6 is 57.6 Å². The summed E-state index contributed by atoms with van der Waals surface area (Å²) in [5.41, 5.74) is 1.27. The number of benzene rings is 2. The number of halogens is 3. The lowest BCUT2D eigenvalue weighted by Crippen LogP contribution is -2.27. The quantitative estimate of drug-likeness (QED) is 0.307. The summed E-state index contributed by atoms with van der Waals surface area (Å²) in [5, 5.41) is 0.448. The SMILES string of the molecule is CCOc1cc(/C=C2/SC(=O)N(Cc3c(Cl)cccc3Cl)C2=O)cc(I)c1OC. The van der Waals surface area contributed by atoms with Crippen molar-refractivity contribution in [3.63, 3.8) is 0 Å². The van der Waals surface area contributed by atoms with Crippen LogP contribution in [-0.2, 0) is 11.3 Å². The van der Waals surface area contributed by atoms with Crippen LogP contribution in [0.5, 0.6) is 11.5 Å². The third-order valence-electron chi connectivity index (χ3n) is 4.09. The van der Waals surface area contributed by atoms with Crippen LogP contribution in [-0.4, -0.2) is 29.8 Å². The predicted molar refractivity (Wildman–Crippen MR) is 125 cm³/mol. The Bertz CT molecular complexity index is 992. The molecule has 1 fully saturated rings. The van der Waals surface area contributed by atoms with Gasteiger partial charge < -0.3 is 9.47 Å². The Morgan fingerprint density at radius 3 is 2.52 bits per heavy atom. The van der Waals surface area contributed by atoms with Gasteiger partial charge in [-0.2, -0.15) is 0 Å². The van der Waals surface area contributed by atoms with E-state index in [4.69, 9.17) is 32.7 Å². The Labute approximate surface area is 196 Å². The van der Waals surface area contributed by atoms with E-state index in [1.807, 2.05) is 13.0 Å². The number of amides is 2. The molecule has 0 radical (unpaired) electrons. The molecule has 0 atom stereocenters. The summed E-state index contributed by atoms with van der Waals surface area (Å²) in [5.74, 6) is 0.820. The van der Waals surface area contributed by atoms with Crippen LogP contribution in [0, 0.1) is 3.57 Å². The normalized spacial score (nSPS) is 15.3. The van der Waals surface area contributed by atoms with Gasteiger partial charge in [-0.05, 0) is 77.2 Å². The van der Waals surface area contributed by atoms with E-state index < -0.39 is 0 Å². The zero-order chi connectivity index (χ0) is 21.1. The molecule has 9 heteroatoms. The van der Waals surface area contributed by atoms with Crippen molar-refractivity contribution < 1.29 is 19.1 Å². The van der Waals surface area contributed by atoms with Gasteiger partial charge in [0.25, 0.3) is 11.1 Å². The molecule has 0 spiro atoms. The van der Waals surface area contributed by atoms with Gasteiger partial charge in [-0.25, -0.2) is 0 Å². The first-order chi connectivity index (χ1) is 13.8. The highest BCUT2D eigenvalue weighted by Crippen LogP contribution is 2.38. The van der Waals surface area contributed by atoms with Crippen molar-refractivity contribution in [1.29, 1.82) is 0 Å². The lowest BCUT2D eigenvalue weighted by molar-refractivity contribution is -0.123. The van der Waals surface area contributed by atoms with Crippen molar-refractivity contribution >= 4 is 74.8 Å². The molecule has 0 saturated carbocycles. The molecule has 1 aliphatic rings. The molecule has 29 heavy (non-hydrogen) atoms. The summed E-state index contributed by atoms with van der Waals surface area (Å²) in [4.78, 5) is 26.7. The maximum Gasteiger partial charge on any atom is 0.293 e. The zero-order valence-electron chi connectivity index (χ0n) is 15.5. The van der Waals surface area contributed by atoms with E-state index >= 15 is 0 Å². The molecule has 1 saturated heterocycles. The van der Waals surface area contributed by atoms with Crippen molar-refractivity contribution in [3.8, 4) is 11.5 Å². The Kier molecular flexibility index (Phi) is 7.37. The molecule has 1 aliphatic heterocycles. The predicted octanol–water partition coefficient (Wildman–Crippen LogP) is 6.24. The minimum atomic E-state index is -0.389. The van der Waals surface area contributed by atoms with E-state index in [1.165, 1.54) is 0 Å². The average Bonchev–Trinajstić information content (AvgIpc) is 2.92. The fourth-order valence-corrected chi connectivity index (χ4v) is 4.96. The molecule has 0 N–H and O–H groups in total. The molecule has 0 aromatic heterocycles. The molecule has 2 aromatic carbocycles. The average molecular weight is 564 g/mol. The van der Waals surface area contributed by atoms with Crippen molar-refractivity contribution in [3.05, 3.63) is 60.0 Å². The van der Waals surface area contributed by atoms with Gasteiger partial charge in [-0.3, -0.25) is 14.5 Å². The van der Waals surface area contributed by atoms with E-state index in [0.29, 0.717) is 38.6 Å². The number of carbonyl (C=O) groups is 2. The molecular weight excluding hydrogens is 548 g/mol. The van der Waals surface area contributed by atoms with Crippen LogP contribution in [0.25, 0.3) is 6.08 Å². The number of ether oxygens (including phenoxy) is 2. The molecule has 0 unspecified atom stereocenters. The third-order valence-corrected chi connectivity index (χ3v) is 6.50. The Morgan fingerprint density at radius 1 is 1.21 bits per heavy atom. The topological polar surface area (TPSA) is 55.8 Å². The highest BCUT2D eigenvalue weighted by atomic mass is 127.